The lowest BCUT2D eigenvalue weighted by Crippen LogP contribution is -2.37. The van der Waals surface area contributed by atoms with E-state index < -0.39 is 5.82 Å². The molecule has 3 aromatic rings. The van der Waals surface area contributed by atoms with Gasteiger partial charge in [-0.15, -0.1) is 0 Å². The van der Waals surface area contributed by atoms with Crippen LogP contribution in [0.25, 0.3) is 5.69 Å². The van der Waals surface area contributed by atoms with Gasteiger partial charge in [0.25, 0.3) is 0 Å². The van der Waals surface area contributed by atoms with Crippen molar-refractivity contribution < 1.29 is 14.0 Å². The quantitative estimate of drug-likeness (QED) is 0.664. The maximum absolute atomic E-state index is 14.0. The van der Waals surface area contributed by atoms with Gasteiger partial charge in [-0.3, -0.25) is 9.59 Å². The summed E-state index contributed by atoms with van der Waals surface area (Å²) in [7, 11) is 0. The van der Waals surface area contributed by atoms with Gasteiger partial charge in [-0.05, 0) is 50.1 Å². The summed E-state index contributed by atoms with van der Waals surface area (Å²) < 4.78 is 15.9. The number of carbonyl (C=O) groups is 2. The molecule has 31 heavy (non-hydrogen) atoms. The molecule has 2 amide bonds. The number of nitrogens with zero attached hydrogens (tertiary/aromatic N) is 3. The van der Waals surface area contributed by atoms with Crippen molar-refractivity contribution in [2.75, 3.05) is 11.4 Å². The van der Waals surface area contributed by atoms with Crippen LogP contribution in [-0.2, 0) is 16.0 Å². The zero-order chi connectivity index (χ0) is 22.0. The van der Waals surface area contributed by atoms with Gasteiger partial charge in [0.2, 0.25) is 11.8 Å². The predicted molar refractivity (Wildman–Crippen MR) is 117 cm³/mol. The van der Waals surface area contributed by atoms with E-state index in [1.807, 2.05) is 48.9 Å². The summed E-state index contributed by atoms with van der Waals surface area (Å²) in [5.41, 5.74) is 4.20. The Labute approximate surface area is 180 Å². The highest BCUT2D eigenvalue weighted by atomic mass is 19.1. The Morgan fingerprint density at radius 1 is 1.13 bits per heavy atom. The van der Waals surface area contributed by atoms with E-state index >= 15 is 0 Å². The van der Waals surface area contributed by atoms with Gasteiger partial charge in [0.1, 0.15) is 5.82 Å². The molecule has 1 aromatic heterocycles. The lowest BCUT2D eigenvalue weighted by atomic mass is 10.1. The summed E-state index contributed by atoms with van der Waals surface area (Å²) in [6.07, 6.45) is 1.03. The smallest absolute Gasteiger partial charge is 0.229 e. The first-order chi connectivity index (χ1) is 14.9. The average molecular weight is 420 g/mol. The molecular formula is C24H25FN4O2. The Morgan fingerprint density at radius 2 is 1.84 bits per heavy atom. The molecule has 0 unspecified atom stereocenters. The molecule has 7 heteroatoms. The molecule has 0 aliphatic carbocycles. The minimum Gasteiger partial charge on any atom is -0.351 e. The molecule has 2 aromatic carbocycles. The van der Waals surface area contributed by atoms with Gasteiger partial charge in [-0.25, -0.2) is 9.07 Å². The summed E-state index contributed by atoms with van der Waals surface area (Å²) in [5.74, 6) is -0.755. The van der Waals surface area contributed by atoms with E-state index in [1.165, 1.54) is 11.0 Å². The number of anilines is 1. The average Bonchev–Trinajstić information content (AvgIpc) is 3.26. The van der Waals surface area contributed by atoms with Crippen LogP contribution >= 0.6 is 0 Å². The number of aryl methyl sites for hydroxylation is 1. The first-order valence-electron chi connectivity index (χ1n) is 10.4. The van der Waals surface area contributed by atoms with Crippen molar-refractivity contribution in [2.24, 2.45) is 0 Å². The zero-order valence-electron chi connectivity index (χ0n) is 17.6. The van der Waals surface area contributed by atoms with Crippen molar-refractivity contribution in [3.63, 3.8) is 0 Å². The predicted octanol–water partition coefficient (Wildman–Crippen LogP) is 3.48. The van der Waals surface area contributed by atoms with Gasteiger partial charge in [0, 0.05) is 25.1 Å². The standard InChI is InChI=1S/C24H25FN4O2/c1-16-20(17(2)29(27-16)19-8-4-3-5-9-19)12-13-23(30)26-18-14-24(31)28(15-18)22-11-7-6-10-21(22)25/h3-11,18H,12-15H2,1-2H3,(H,26,30)/t18-/m1/s1. The van der Waals surface area contributed by atoms with Crippen molar-refractivity contribution in [2.45, 2.75) is 39.2 Å². The molecule has 2 heterocycles. The van der Waals surface area contributed by atoms with Crippen molar-refractivity contribution in [1.82, 2.24) is 15.1 Å². The maximum Gasteiger partial charge on any atom is 0.229 e. The van der Waals surface area contributed by atoms with Gasteiger partial charge in [0.15, 0.2) is 0 Å². The summed E-state index contributed by atoms with van der Waals surface area (Å²) in [6.45, 7) is 4.22. The highest BCUT2D eigenvalue weighted by Gasteiger charge is 2.32. The Bertz CT molecular complexity index is 1110. The number of halogens is 1. The molecule has 1 fully saturated rings. The van der Waals surface area contributed by atoms with Crippen molar-refractivity contribution >= 4 is 17.5 Å². The molecule has 1 N–H and O–H groups in total. The third kappa shape index (κ3) is 4.35. The minimum atomic E-state index is -0.441. The molecule has 0 bridgehead atoms. The highest BCUT2D eigenvalue weighted by Crippen LogP contribution is 2.24. The lowest BCUT2D eigenvalue weighted by Gasteiger charge is -2.17. The fourth-order valence-corrected chi connectivity index (χ4v) is 4.10. The molecule has 0 spiro atoms. The fourth-order valence-electron chi connectivity index (χ4n) is 4.10. The minimum absolute atomic E-state index is 0.126. The molecular weight excluding hydrogens is 395 g/mol. The molecule has 1 saturated heterocycles. The van der Waals surface area contributed by atoms with Gasteiger partial charge in [-0.2, -0.15) is 5.10 Å². The largest absolute Gasteiger partial charge is 0.351 e. The second-order valence-electron chi connectivity index (χ2n) is 7.82. The third-order valence-electron chi connectivity index (χ3n) is 5.68. The summed E-state index contributed by atoms with van der Waals surface area (Å²) in [5, 5.41) is 7.55. The molecule has 0 radical (unpaired) electrons. The molecule has 1 aliphatic heterocycles. The third-order valence-corrected chi connectivity index (χ3v) is 5.68. The van der Waals surface area contributed by atoms with E-state index in [2.05, 4.69) is 10.4 Å². The van der Waals surface area contributed by atoms with Gasteiger partial charge < -0.3 is 10.2 Å². The molecule has 1 aliphatic rings. The van der Waals surface area contributed by atoms with Crippen molar-refractivity contribution in [3.05, 3.63) is 77.4 Å². The van der Waals surface area contributed by atoms with Crippen LogP contribution in [0.4, 0.5) is 10.1 Å². The Balaban J connectivity index is 1.37. The highest BCUT2D eigenvalue weighted by molar-refractivity contribution is 5.97. The number of aromatic nitrogens is 2. The summed E-state index contributed by atoms with van der Waals surface area (Å²) in [4.78, 5) is 26.3. The van der Waals surface area contributed by atoms with E-state index in [0.717, 1.165) is 22.6 Å². The first kappa shape index (κ1) is 20.8. The Kier molecular flexibility index (Phi) is 5.84. The SMILES string of the molecule is Cc1nn(-c2ccccc2)c(C)c1CCC(=O)N[C@@H]1CC(=O)N(c2ccccc2F)C1. The Morgan fingerprint density at radius 3 is 2.58 bits per heavy atom. The van der Waals surface area contributed by atoms with Crippen LogP contribution < -0.4 is 10.2 Å². The van der Waals surface area contributed by atoms with Gasteiger partial charge in [0.05, 0.1) is 23.1 Å². The monoisotopic (exact) mass is 420 g/mol. The molecule has 4 rings (SSSR count). The van der Waals surface area contributed by atoms with Crippen LogP contribution in [-0.4, -0.2) is 34.2 Å². The summed E-state index contributed by atoms with van der Waals surface area (Å²) in [6, 6.07) is 15.7. The van der Waals surface area contributed by atoms with Gasteiger partial charge >= 0.3 is 0 Å². The molecule has 160 valence electrons. The van der Waals surface area contributed by atoms with Crippen LogP contribution in [0.5, 0.6) is 0 Å². The molecule has 0 saturated carbocycles. The number of carbonyl (C=O) groups excluding carboxylic acids is 2. The van der Waals surface area contributed by atoms with Crippen molar-refractivity contribution in [1.29, 1.82) is 0 Å². The van der Waals surface area contributed by atoms with Crippen LogP contribution in [0.1, 0.15) is 29.8 Å². The summed E-state index contributed by atoms with van der Waals surface area (Å²) >= 11 is 0. The number of hydrogen-bond acceptors (Lipinski definition) is 3. The molecule has 6 nitrogen and oxygen atoms in total. The lowest BCUT2D eigenvalue weighted by molar-refractivity contribution is -0.121. The number of nitrogens with one attached hydrogen (secondary N) is 1. The maximum atomic E-state index is 14.0. The van der Waals surface area contributed by atoms with E-state index in [4.69, 9.17) is 0 Å². The van der Waals surface area contributed by atoms with E-state index in [1.54, 1.807) is 18.2 Å². The van der Waals surface area contributed by atoms with Crippen LogP contribution in [0.15, 0.2) is 54.6 Å². The normalized spacial score (nSPS) is 16.0. The topological polar surface area (TPSA) is 67.2 Å². The van der Waals surface area contributed by atoms with Crippen molar-refractivity contribution in [3.8, 4) is 5.69 Å². The number of hydrogen-bond donors (Lipinski definition) is 1. The molecule has 1 atom stereocenters. The second-order valence-corrected chi connectivity index (χ2v) is 7.82. The van der Waals surface area contributed by atoms with E-state index in [0.29, 0.717) is 12.8 Å². The van der Waals surface area contributed by atoms with E-state index in [-0.39, 0.29) is 36.5 Å². The van der Waals surface area contributed by atoms with Crippen LogP contribution in [0.2, 0.25) is 0 Å². The van der Waals surface area contributed by atoms with E-state index in [9.17, 15) is 14.0 Å². The fraction of sp³-hybridized carbons (Fsp3) is 0.292. The number of amides is 2. The first-order valence-corrected chi connectivity index (χ1v) is 10.4. The van der Waals surface area contributed by atoms with Crippen LogP contribution in [0, 0.1) is 19.7 Å². The Hall–Kier alpha value is -3.48. The van der Waals surface area contributed by atoms with Gasteiger partial charge in [-0.1, -0.05) is 30.3 Å². The number of benzene rings is 2. The second kappa shape index (κ2) is 8.71. The number of rotatable bonds is 6. The van der Waals surface area contributed by atoms with Crippen LogP contribution in [0.3, 0.4) is 0 Å². The number of para-hydroxylation sites is 2. The zero-order valence-corrected chi connectivity index (χ0v) is 17.6.